The van der Waals surface area contributed by atoms with E-state index in [9.17, 15) is 18.0 Å². The van der Waals surface area contributed by atoms with Crippen LogP contribution in [-0.2, 0) is 32.6 Å². The summed E-state index contributed by atoms with van der Waals surface area (Å²) in [4.78, 5) is 29.2. The van der Waals surface area contributed by atoms with Crippen molar-refractivity contribution >= 4 is 55.1 Å². The quantitative estimate of drug-likeness (QED) is 0.211. The Bertz CT molecular complexity index is 1450. The Balaban J connectivity index is 1.90. The number of hydrogen-bond donors (Lipinski definition) is 1. The Morgan fingerprint density at radius 1 is 1.00 bits per heavy atom. The summed E-state index contributed by atoms with van der Waals surface area (Å²) in [7, 11) is -3.63. The second-order valence-corrected chi connectivity index (χ2v) is 13.8. The average molecular weight is 677 g/mol. The molecule has 0 saturated heterocycles. The first kappa shape index (κ1) is 33.6. The van der Waals surface area contributed by atoms with Crippen LogP contribution in [-0.4, -0.2) is 50.0 Å². The molecule has 3 aromatic carbocycles. The van der Waals surface area contributed by atoms with E-state index in [1.54, 1.807) is 23.1 Å². The van der Waals surface area contributed by atoms with Gasteiger partial charge < -0.3 is 10.2 Å². The van der Waals surface area contributed by atoms with Crippen molar-refractivity contribution in [3.8, 4) is 0 Å². The first-order valence-electron chi connectivity index (χ1n) is 14.0. The van der Waals surface area contributed by atoms with Crippen molar-refractivity contribution in [2.75, 3.05) is 17.1 Å². The lowest BCUT2D eigenvalue weighted by Crippen LogP contribution is -2.52. The van der Waals surface area contributed by atoms with E-state index in [0.29, 0.717) is 17.1 Å². The smallest absolute Gasteiger partial charge is 0.243 e. The Morgan fingerprint density at radius 2 is 1.67 bits per heavy atom. The fourth-order valence-electron chi connectivity index (χ4n) is 4.62. The summed E-state index contributed by atoms with van der Waals surface area (Å²) in [6.45, 7) is 6.09. The molecule has 3 rings (SSSR count). The Kier molecular flexibility index (Phi) is 12.4. The van der Waals surface area contributed by atoms with Gasteiger partial charge in [-0.15, -0.1) is 0 Å². The van der Waals surface area contributed by atoms with Crippen molar-refractivity contribution in [3.63, 3.8) is 0 Å². The van der Waals surface area contributed by atoms with E-state index in [1.165, 1.54) is 4.31 Å². The number of rotatable bonds is 14. The normalized spacial score (nSPS) is 12.8. The standard InChI is InChI=1S/C32H39BrClN3O4S/c1-5-24(3)35-32(39)30(20-25-10-7-6-8-11-25)36(22-26-14-16-27(33)17-15-26)31(38)12-9-19-37(42(4,40)41)29-21-28(34)18-13-23(29)2/h6-8,10-11,13-18,21,24,30H,5,9,12,19-20,22H2,1-4H3,(H,35,39)/t24-,30-/m0/s1. The number of aryl methyl sites for hydroxylation is 1. The molecular formula is C32H39BrClN3O4S. The lowest BCUT2D eigenvalue weighted by Gasteiger charge is -2.33. The molecular weight excluding hydrogens is 638 g/mol. The van der Waals surface area contributed by atoms with Crippen LogP contribution in [0, 0.1) is 6.92 Å². The number of halogens is 2. The number of carbonyl (C=O) groups is 2. The van der Waals surface area contributed by atoms with Gasteiger partial charge in [-0.2, -0.15) is 0 Å². The molecule has 0 unspecified atom stereocenters. The summed E-state index contributed by atoms with van der Waals surface area (Å²) >= 11 is 9.64. The first-order chi connectivity index (χ1) is 19.9. The van der Waals surface area contributed by atoms with Crippen LogP contribution < -0.4 is 9.62 Å². The molecule has 0 aliphatic heterocycles. The third kappa shape index (κ3) is 9.85. The van der Waals surface area contributed by atoms with Crippen LogP contribution in [0.4, 0.5) is 5.69 Å². The van der Waals surface area contributed by atoms with Crippen LogP contribution in [0.1, 0.15) is 49.8 Å². The lowest BCUT2D eigenvalue weighted by molar-refractivity contribution is -0.141. The van der Waals surface area contributed by atoms with Crippen LogP contribution in [0.25, 0.3) is 0 Å². The highest BCUT2D eigenvalue weighted by atomic mass is 79.9. The minimum atomic E-state index is -3.63. The zero-order valence-electron chi connectivity index (χ0n) is 24.5. The van der Waals surface area contributed by atoms with Crippen molar-refractivity contribution in [2.24, 2.45) is 0 Å². The van der Waals surface area contributed by atoms with Gasteiger partial charge in [0.05, 0.1) is 11.9 Å². The maximum Gasteiger partial charge on any atom is 0.243 e. The Hall–Kier alpha value is -2.88. The van der Waals surface area contributed by atoms with Crippen molar-refractivity contribution in [1.29, 1.82) is 0 Å². The summed E-state index contributed by atoms with van der Waals surface area (Å²) in [6.07, 6.45) is 2.57. The van der Waals surface area contributed by atoms with E-state index in [1.807, 2.05) is 75.4 Å². The number of nitrogens with one attached hydrogen (secondary N) is 1. The Morgan fingerprint density at radius 3 is 2.29 bits per heavy atom. The molecule has 0 radical (unpaired) electrons. The summed E-state index contributed by atoms with van der Waals surface area (Å²) in [5.41, 5.74) is 3.07. The van der Waals surface area contributed by atoms with E-state index in [-0.39, 0.29) is 43.8 Å². The maximum atomic E-state index is 13.9. The van der Waals surface area contributed by atoms with Gasteiger partial charge in [-0.05, 0) is 67.6 Å². The molecule has 10 heteroatoms. The van der Waals surface area contributed by atoms with E-state index >= 15 is 0 Å². The van der Waals surface area contributed by atoms with Crippen molar-refractivity contribution in [2.45, 2.75) is 65.1 Å². The number of carbonyl (C=O) groups excluding carboxylic acids is 2. The third-order valence-corrected chi connectivity index (χ3v) is 9.07. The first-order valence-corrected chi connectivity index (χ1v) is 17.0. The lowest BCUT2D eigenvalue weighted by atomic mass is 10.0. The number of benzene rings is 3. The summed E-state index contributed by atoms with van der Waals surface area (Å²) in [6, 6.07) is 21.6. The van der Waals surface area contributed by atoms with Gasteiger partial charge in [0.1, 0.15) is 6.04 Å². The molecule has 2 atom stereocenters. The van der Waals surface area contributed by atoms with Gasteiger partial charge in [-0.25, -0.2) is 8.42 Å². The van der Waals surface area contributed by atoms with Gasteiger partial charge >= 0.3 is 0 Å². The third-order valence-electron chi connectivity index (χ3n) is 7.13. The largest absolute Gasteiger partial charge is 0.352 e. The number of nitrogens with zero attached hydrogens (tertiary/aromatic N) is 2. The molecule has 0 aliphatic rings. The van der Waals surface area contributed by atoms with Gasteiger partial charge in [0.15, 0.2) is 0 Å². The van der Waals surface area contributed by atoms with E-state index < -0.39 is 16.1 Å². The summed E-state index contributed by atoms with van der Waals surface area (Å²) in [5, 5.41) is 3.49. The van der Waals surface area contributed by atoms with Crippen LogP contribution in [0.5, 0.6) is 0 Å². The van der Waals surface area contributed by atoms with Gasteiger partial charge in [-0.3, -0.25) is 13.9 Å². The molecule has 7 nitrogen and oxygen atoms in total. The second kappa shape index (κ2) is 15.5. The molecule has 2 amide bonds. The number of anilines is 1. The summed E-state index contributed by atoms with van der Waals surface area (Å²) < 4.78 is 27.7. The summed E-state index contributed by atoms with van der Waals surface area (Å²) in [5.74, 6) is -0.444. The molecule has 42 heavy (non-hydrogen) atoms. The molecule has 0 heterocycles. The molecule has 0 saturated carbocycles. The molecule has 226 valence electrons. The molecule has 3 aromatic rings. The van der Waals surface area contributed by atoms with Crippen LogP contribution in [0.15, 0.2) is 77.3 Å². The molecule has 0 fully saturated rings. The number of hydrogen-bond acceptors (Lipinski definition) is 4. The highest BCUT2D eigenvalue weighted by Gasteiger charge is 2.31. The highest BCUT2D eigenvalue weighted by molar-refractivity contribution is 9.10. The molecule has 1 N–H and O–H groups in total. The molecule has 0 spiro atoms. The number of amides is 2. The van der Waals surface area contributed by atoms with E-state index in [0.717, 1.165) is 33.8 Å². The molecule has 0 bridgehead atoms. The maximum absolute atomic E-state index is 13.9. The van der Waals surface area contributed by atoms with Gasteiger partial charge in [0, 0.05) is 41.5 Å². The minimum Gasteiger partial charge on any atom is -0.352 e. The fraction of sp³-hybridized carbons (Fsp3) is 0.375. The Labute approximate surface area is 263 Å². The van der Waals surface area contributed by atoms with Gasteiger partial charge in [0.2, 0.25) is 21.8 Å². The molecule has 0 aliphatic carbocycles. The van der Waals surface area contributed by atoms with Crippen LogP contribution in [0.2, 0.25) is 5.02 Å². The predicted octanol–water partition coefficient (Wildman–Crippen LogP) is 6.51. The van der Waals surface area contributed by atoms with E-state index in [2.05, 4.69) is 21.2 Å². The monoisotopic (exact) mass is 675 g/mol. The van der Waals surface area contributed by atoms with Crippen LogP contribution >= 0.6 is 27.5 Å². The number of sulfonamides is 1. The predicted molar refractivity (Wildman–Crippen MR) is 174 cm³/mol. The van der Waals surface area contributed by atoms with Gasteiger partial charge in [0.25, 0.3) is 0 Å². The highest BCUT2D eigenvalue weighted by Crippen LogP contribution is 2.27. The second-order valence-electron chi connectivity index (χ2n) is 10.5. The average Bonchev–Trinajstić information content (AvgIpc) is 2.95. The van der Waals surface area contributed by atoms with Crippen molar-refractivity contribution in [1.82, 2.24) is 10.2 Å². The van der Waals surface area contributed by atoms with Gasteiger partial charge in [-0.1, -0.05) is 83.0 Å². The van der Waals surface area contributed by atoms with Crippen LogP contribution in [0.3, 0.4) is 0 Å². The zero-order valence-corrected chi connectivity index (χ0v) is 27.7. The molecule has 0 aromatic heterocycles. The fourth-order valence-corrected chi connectivity index (χ4v) is 6.06. The van der Waals surface area contributed by atoms with Crippen molar-refractivity contribution in [3.05, 3.63) is 99.0 Å². The zero-order chi connectivity index (χ0) is 30.9. The van der Waals surface area contributed by atoms with E-state index in [4.69, 9.17) is 11.6 Å². The SMILES string of the molecule is CC[C@H](C)NC(=O)[C@H](Cc1ccccc1)N(Cc1ccc(Br)cc1)C(=O)CCCN(c1cc(Cl)ccc1C)S(C)(=O)=O. The topological polar surface area (TPSA) is 86.8 Å². The minimum absolute atomic E-state index is 0.0512. The van der Waals surface area contributed by atoms with Crippen molar-refractivity contribution < 1.29 is 18.0 Å².